The number of carbonyl (C=O) groups excluding carboxylic acids is 2. The van der Waals surface area contributed by atoms with Crippen molar-refractivity contribution in [2.75, 3.05) is 5.73 Å². The lowest BCUT2D eigenvalue weighted by Crippen LogP contribution is -2.29. The van der Waals surface area contributed by atoms with Gasteiger partial charge >= 0.3 is 0 Å². The van der Waals surface area contributed by atoms with Crippen LogP contribution in [0.4, 0.5) is 5.69 Å². The summed E-state index contributed by atoms with van der Waals surface area (Å²) in [5.41, 5.74) is 8.63. The summed E-state index contributed by atoms with van der Waals surface area (Å²) < 4.78 is 0. The first-order valence-corrected chi connectivity index (χ1v) is 5.68. The second-order valence-electron chi connectivity index (χ2n) is 3.78. The van der Waals surface area contributed by atoms with Crippen LogP contribution >= 0.6 is 0 Å². The molecular weight excluding hydrogens is 258 g/mol. The second kappa shape index (κ2) is 7.55. The Balaban J connectivity index is 0.000000200. The number of aldehydes is 1. The molecule has 0 saturated heterocycles. The largest absolute Gasteiger partial charge is 0.507 e. The van der Waals surface area contributed by atoms with Crippen LogP contribution in [-0.2, 0) is 0 Å². The zero-order valence-electron chi connectivity index (χ0n) is 10.6. The Bertz CT molecular complexity index is 585. The van der Waals surface area contributed by atoms with Gasteiger partial charge < -0.3 is 10.8 Å². The number of carbonyl (C=O) groups is 2. The molecule has 0 fully saturated rings. The van der Waals surface area contributed by atoms with Crippen LogP contribution in [0.3, 0.4) is 0 Å². The predicted octanol–water partition coefficient (Wildman–Crippen LogP) is 1.08. The normalized spacial score (nSPS) is 9.05. The molecule has 0 unspecified atom stereocenters. The average molecular weight is 273 g/mol. The van der Waals surface area contributed by atoms with Crippen LogP contribution in [0.15, 0.2) is 48.5 Å². The van der Waals surface area contributed by atoms with Crippen molar-refractivity contribution < 1.29 is 14.7 Å². The first kappa shape index (κ1) is 15.2. The van der Waals surface area contributed by atoms with Gasteiger partial charge in [0.2, 0.25) is 0 Å². The van der Waals surface area contributed by atoms with Gasteiger partial charge in [-0.3, -0.25) is 15.0 Å². The van der Waals surface area contributed by atoms with Gasteiger partial charge in [0.05, 0.1) is 5.56 Å². The molecule has 6 N–H and O–H groups in total. The molecule has 0 aliphatic heterocycles. The van der Waals surface area contributed by atoms with Crippen LogP contribution in [0.2, 0.25) is 0 Å². The number of hydrogen-bond donors (Lipinski definition) is 4. The second-order valence-corrected chi connectivity index (χ2v) is 3.78. The zero-order valence-corrected chi connectivity index (χ0v) is 10.6. The molecule has 0 heterocycles. The molecule has 6 nitrogen and oxygen atoms in total. The molecule has 0 bridgehead atoms. The number of phenolic OH excluding ortho intramolecular Hbond substituents is 1. The minimum Gasteiger partial charge on any atom is -0.507 e. The maximum absolute atomic E-state index is 10.8. The van der Waals surface area contributed by atoms with E-state index in [1.807, 2.05) is 11.5 Å². The fraction of sp³-hybridized carbons (Fsp3) is 0. The van der Waals surface area contributed by atoms with Crippen molar-refractivity contribution in [2.45, 2.75) is 0 Å². The van der Waals surface area contributed by atoms with Crippen molar-refractivity contribution in [2.24, 2.45) is 5.84 Å². The third-order valence-corrected chi connectivity index (χ3v) is 2.35. The molecular formula is C14H15N3O3. The van der Waals surface area contributed by atoms with E-state index in [1.54, 1.807) is 30.3 Å². The fourth-order valence-electron chi connectivity index (χ4n) is 1.33. The number of rotatable bonds is 2. The Kier molecular flexibility index (Phi) is 5.74. The van der Waals surface area contributed by atoms with Crippen molar-refractivity contribution in [1.82, 2.24) is 5.43 Å². The number of hydrogen-bond acceptors (Lipinski definition) is 5. The summed E-state index contributed by atoms with van der Waals surface area (Å²) >= 11 is 0. The minimum absolute atomic E-state index is 0.0741. The van der Waals surface area contributed by atoms with Gasteiger partial charge in [-0.25, -0.2) is 5.84 Å². The highest BCUT2D eigenvalue weighted by Gasteiger charge is 1.98. The molecule has 20 heavy (non-hydrogen) atoms. The summed E-state index contributed by atoms with van der Waals surface area (Å²) in [6, 6.07) is 13.2. The number of phenols is 1. The van der Waals surface area contributed by atoms with E-state index >= 15 is 0 Å². The van der Waals surface area contributed by atoms with E-state index < -0.39 is 0 Å². The molecule has 0 atom stereocenters. The first-order valence-electron chi connectivity index (χ1n) is 5.68. The molecule has 2 aromatic rings. The monoisotopic (exact) mass is 273 g/mol. The van der Waals surface area contributed by atoms with Crippen LogP contribution in [0.25, 0.3) is 0 Å². The SMILES string of the molecule is NNC(=O)c1ccccc1.Nc1ccc(C=O)c(O)c1. The minimum atomic E-state index is -0.263. The first-order chi connectivity index (χ1) is 9.58. The number of nitrogen functional groups attached to an aromatic ring is 2. The average Bonchev–Trinajstić information content (AvgIpc) is 2.48. The molecule has 0 saturated carbocycles. The summed E-state index contributed by atoms with van der Waals surface area (Å²) in [6.07, 6.45) is 0.578. The number of aromatic hydroxyl groups is 1. The Morgan fingerprint density at radius 3 is 2.30 bits per heavy atom. The maximum atomic E-state index is 10.8. The predicted molar refractivity (Wildman–Crippen MR) is 76.0 cm³/mol. The van der Waals surface area contributed by atoms with E-state index in [-0.39, 0.29) is 17.2 Å². The van der Waals surface area contributed by atoms with Crippen molar-refractivity contribution in [3.05, 3.63) is 59.7 Å². The highest BCUT2D eigenvalue weighted by molar-refractivity contribution is 5.93. The number of anilines is 1. The topological polar surface area (TPSA) is 118 Å². The molecule has 2 aromatic carbocycles. The zero-order chi connectivity index (χ0) is 15.0. The molecule has 0 aliphatic rings. The van der Waals surface area contributed by atoms with Gasteiger partial charge in [-0.2, -0.15) is 0 Å². The lowest BCUT2D eigenvalue weighted by molar-refractivity contribution is 0.0953. The van der Waals surface area contributed by atoms with Gasteiger partial charge in [-0.1, -0.05) is 18.2 Å². The van der Waals surface area contributed by atoms with Crippen LogP contribution in [0.1, 0.15) is 20.7 Å². The number of hydrazine groups is 1. The summed E-state index contributed by atoms with van der Waals surface area (Å²) in [6.45, 7) is 0. The van der Waals surface area contributed by atoms with Crippen LogP contribution in [-0.4, -0.2) is 17.3 Å². The summed E-state index contributed by atoms with van der Waals surface area (Å²) in [7, 11) is 0. The van der Waals surface area contributed by atoms with Crippen LogP contribution in [0, 0.1) is 0 Å². The third kappa shape index (κ3) is 4.43. The van der Waals surface area contributed by atoms with Gasteiger partial charge in [0.25, 0.3) is 5.91 Å². The molecule has 104 valence electrons. The van der Waals surface area contributed by atoms with Gasteiger partial charge in [0.15, 0.2) is 6.29 Å². The summed E-state index contributed by atoms with van der Waals surface area (Å²) in [5.74, 6) is 4.57. The van der Waals surface area contributed by atoms with E-state index in [9.17, 15) is 9.59 Å². The van der Waals surface area contributed by atoms with Gasteiger partial charge in [-0.05, 0) is 24.3 Å². The van der Waals surface area contributed by atoms with Crippen molar-refractivity contribution in [3.63, 3.8) is 0 Å². The quantitative estimate of drug-likeness (QED) is 0.215. The Hall–Kier alpha value is -2.86. The Morgan fingerprint density at radius 2 is 1.80 bits per heavy atom. The van der Waals surface area contributed by atoms with E-state index in [1.165, 1.54) is 12.1 Å². The third-order valence-electron chi connectivity index (χ3n) is 2.35. The highest BCUT2D eigenvalue weighted by Crippen LogP contribution is 2.17. The van der Waals surface area contributed by atoms with E-state index in [0.29, 0.717) is 17.5 Å². The molecule has 2 rings (SSSR count). The molecule has 0 radical (unpaired) electrons. The summed E-state index contributed by atoms with van der Waals surface area (Å²) in [5, 5.41) is 8.98. The smallest absolute Gasteiger partial charge is 0.265 e. The lowest BCUT2D eigenvalue weighted by atomic mass is 10.2. The highest BCUT2D eigenvalue weighted by atomic mass is 16.3. The van der Waals surface area contributed by atoms with E-state index in [0.717, 1.165) is 0 Å². The molecule has 0 aromatic heterocycles. The number of benzene rings is 2. The summed E-state index contributed by atoms with van der Waals surface area (Å²) in [4.78, 5) is 20.9. The Labute approximate surface area is 116 Å². The number of amides is 1. The molecule has 0 aliphatic carbocycles. The molecule has 1 amide bonds. The van der Waals surface area contributed by atoms with Crippen LogP contribution < -0.4 is 17.0 Å². The fourth-order valence-corrected chi connectivity index (χ4v) is 1.33. The Morgan fingerprint density at radius 1 is 1.15 bits per heavy atom. The lowest BCUT2D eigenvalue weighted by Gasteiger charge is -1.96. The van der Waals surface area contributed by atoms with Gasteiger partial charge in [-0.15, -0.1) is 0 Å². The number of nitrogens with two attached hydrogens (primary N) is 2. The van der Waals surface area contributed by atoms with Crippen molar-refractivity contribution in [3.8, 4) is 5.75 Å². The molecule has 0 spiro atoms. The van der Waals surface area contributed by atoms with Gasteiger partial charge in [0, 0.05) is 17.3 Å². The molecule has 6 heteroatoms. The van der Waals surface area contributed by atoms with Gasteiger partial charge in [0.1, 0.15) is 5.75 Å². The van der Waals surface area contributed by atoms with Crippen LogP contribution in [0.5, 0.6) is 5.75 Å². The standard InChI is InChI=1S/C7H8N2O.C7H7NO2/c8-9-7(10)6-4-2-1-3-5-6;8-6-2-1-5(4-9)7(10)3-6/h1-5H,8H2,(H,9,10);1-4,10H,8H2. The van der Waals surface area contributed by atoms with Crippen molar-refractivity contribution in [1.29, 1.82) is 0 Å². The van der Waals surface area contributed by atoms with E-state index in [2.05, 4.69) is 0 Å². The van der Waals surface area contributed by atoms with E-state index in [4.69, 9.17) is 16.7 Å². The maximum Gasteiger partial charge on any atom is 0.265 e. The number of nitrogens with one attached hydrogen (secondary N) is 1. The van der Waals surface area contributed by atoms with Crippen molar-refractivity contribution >= 4 is 17.9 Å².